The predicted molar refractivity (Wildman–Crippen MR) is 118 cm³/mol. The third-order valence-corrected chi connectivity index (χ3v) is 6.41. The number of methoxy groups -OCH3 is 1. The number of alkyl carbamates (subject to hydrolysis) is 1. The van der Waals surface area contributed by atoms with Crippen LogP contribution in [0.1, 0.15) is 55.5 Å². The Hall–Kier alpha value is -3.21. The van der Waals surface area contributed by atoms with E-state index in [0.29, 0.717) is 36.9 Å². The van der Waals surface area contributed by atoms with Crippen LogP contribution in [0, 0.1) is 6.92 Å². The zero-order valence-electron chi connectivity index (χ0n) is 18.9. The Balaban J connectivity index is 1.27. The number of hydrogen-bond acceptors (Lipinski definition) is 7. The molecule has 0 aliphatic heterocycles. The van der Waals surface area contributed by atoms with E-state index in [-0.39, 0.29) is 5.54 Å². The van der Waals surface area contributed by atoms with E-state index in [1.165, 1.54) is 0 Å². The second-order valence-corrected chi connectivity index (χ2v) is 9.21. The van der Waals surface area contributed by atoms with E-state index in [0.717, 1.165) is 29.7 Å². The van der Waals surface area contributed by atoms with Gasteiger partial charge >= 0.3 is 6.09 Å². The highest BCUT2D eigenvalue weighted by Crippen LogP contribution is 2.39. The summed E-state index contributed by atoms with van der Waals surface area (Å²) in [5, 5.41) is 13.2. The number of hydrogen-bond donors (Lipinski definition) is 3. The van der Waals surface area contributed by atoms with E-state index in [1.807, 2.05) is 24.4 Å². The topological polar surface area (TPSA) is 118 Å². The number of aryl methyl sites for hydroxylation is 1. The number of carbonyl (C=O) groups excluding carboxylic acids is 1. The zero-order chi connectivity index (χ0) is 23.2. The number of alkyl halides is 1. The lowest BCUT2D eigenvalue weighted by atomic mass is 10.0. The van der Waals surface area contributed by atoms with Crippen LogP contribution in [0.5, 0.6) is 0 Å². The van der Waals surface area contributed by atoms with Crippen LogP contribution in [0.25, 0.3) is 5.65 Å². The molecule has 10 nitrogen and oxygen atoms in total. The highest BCUT2D eigenvalue weighted by atomic mass is 19.1. The highest BCUT2D eigenvalue weighted by Gasteiger charge is 2.43. The van der Waals surface area contributed by atoms with Crippen LogP contribution in [0.3, 0.4) is 0 Å². The molecule has 3 heterocycles. The van der Waals surface area contributed by atoms with Crippen molar-refractivity contribution in [3.8, 4) is 0 Å². The molecular weight excluding hydrogens is 429 g/mol. The van der Waals surface area contributed by atoms with Gasteiger partial charge in [0.25, 0.3) is 0 Å². The smallest absolute Gasteiger partial charge is 0.407 e. The minimum Gasteiger partial charge on any atom is -0.443 e. The summed E-state index contributed by atoms with van der Waals surface area (Å²) in [5.74, 6) is 0.633. The van der Waals surface area contributed by atoms with Crippen molar-refractivity contribution in [2.24, 2.45) is 0 Å². The van der Waals surface area contributed by atoms with Gasteiger partial charge in [-0.25, -0.2) is 19.2 Å². The minimum atomic E-state index is -1.30. The Morgan fingerprint density at radius 2 is 2.21 bits per heavy atom. The molecule has 3 aromatic heterocycles. The van der Waals surface area contributed by atoms with Gasteiger partial charge in [0.15, 0.2) is 5.82 Å². The molecule has 33 heavy (non-hydrogen) atoms. The van der Waals surface area contributed by atoms with Gasteiger partial charge in [-0.1, -0.05) is 0 Å². The molecule has 0 unspecified atom stereocenters. The van der Waals surface area contributed by atoms with Crippen molar-refractivity contribution in [3.63, 3.8) is 0 Å². The molecule has 0 radical (unpaired) electrons. The maximum atomic E-state index is 15.1. The Kier molecular flexibility index (Phi) is 5.43. The van der Waals surface area contributed by atoms with Crippen LogP contribution in [0.2, 0.25) is 0 Å². The first-order valence-electron chi connectivity index (χ1n) is 11.1. The summed E-state index contributed by atoms with van der Waals surface area (Å²) in [4.78, 5) is 21.1. The number of imidazole rings is 1. The quantitative estimate of drug-likeness (QED) is 0.497. The largest absolute Gasteiger partial charge is 0.443 e. The summed E-state index contributed by atoms with van der Waals surface area (Å²) < 4.78 is 27.5. The van der Waals surface area contributed by atoms with Crippen molar-refractivity contribution in [1.29, 1.82) is 0 Å². The van der Waals surface area contributed by atoms with E-state index in [2.05, 4.69) is 30.8 Å². The zero-order valence-corrected chi connectivity index (χ0v) is 18.9. The highest BCUT2D eigenvalue weighted by molar-refractivity contribution is 5.69. The van der Waals surface area contributed by atoms with Crippen LogP contribution in [0.4, 0.5) is 21.0 Å². The second-order valence-electron chi connectivity index (χ2n) is 9.21. The molecule has 0 spiro atoms. The molecule has 2 aliphatic rings. The fourth-order valence-corrected chi connectivity index (χ4v) is 4.26. The van der Waals surface area contributed by atoms with Crippen molar-refractivity contribution < 1.29 is 18.7 Å². The molecule has 2 aliphatic carbocycles. The van der Waals surface area contributed by atoms with Gasteiger partial charge < -0.3 is 20.1 Å². The average Bonchev–Trinajstić information content (AvgIpc) is 3.15. The summed E-state index contributed by atoms with van der Waals surface area (Å²) in [6.07, 6.45) is 3.86. The van der Waals surface area contributed by atoms with Gasteiger partial charge in [0.2, 0.25) is 5.95 Å². The van der Waals surface area contributed by atoms with Crippen molar-refractivity contribution in [2.45, 2.75) is 69.9 Å². The molecule has 1 amide bonds. The van der Waals surface area contributed by atoms with Crippen LogP contribution >= 0.6 is 0 Å². The lowest BCUT2D eigenvalue weighted by Crippen LogP contribution is -2.38. The number of amides is 1. The minimum absolute atomic E-state index is 0.195. The van der Waals surface area contributed by atoms with Crippen LogP contribution in [-0.4, -0.2) is 55.6 Å². The number of ether oxygens (including phenoxy) is 2. The summed E-state index contributed by atoms with van der Waals surface area (Å²) in [6.45, 7) is 4.29. The van der Waals surface area contributed by atoms with Gasteiger partial charge in [-0.05, 0) is 39.5 Å². The maximum absolute atomic E-state index is 15.1. The fraction of sp³-hybridized carbons (Fsp3) is 0.545. The van der Waals surface area contributed by atoms with Gasteiger partial charge in [0, 0.05) is 48.3 Å². The fourth-order valence-electron chi connectivity index (χ4n) is 4.26. The van der Waals surface area contributed by atoms with Crippen molar-refractivity contribution in [2.75, 3.05) is 12.4 Å². The first-order chi connectivity index (χ1) is 15.8. The molecule has 2 saturated carbocycles. The Labute approximate surface area is 190 Å². The number of aromatic nitrogens is 5. The molecule has 11 heteroatoms. The lowest BCUT2D eigenvalue weighted by Gasteiger charge is -2.19. The molecule has 0 bridgehead atoms. The maximum Gasteiger partial charge on any atom is 0.407 e. The molecule has 2 fully saturated rings. The van der Waals surface area contributed by atoms with Crippen LogP contribution in [0.15, 0.2) is 18.5 Å². The molecule has 3 atom stereocenters. The Morgan fingerprint density at radius 3 is 2.97 bits per heavy atom. The Bertz CT molecular complexity index is 1170. The summed E-state index contributed by atoms with van der Waals surface area (Å²) >= 11 is 0. The lowest BCUT2D eigenvalue weighted by molar-refractivity contribution is 0.0546. The predicted octanol–water partition coefficient (Wildman–Crippen LogP) is 3.51. The molecule has 5 rings (SSSR count). The first kappa shape index (κ1) is 21.6. The number of nitrogens with one attached hydrogen (secondary N) is 3. The molecule has 3 N–H and O–H groups in total. The number of anilines is 2. The van der Waals surface area contributed by atoms with E-state index < -0.39 is 24.3 Å². The van der Waals surface area contributed by atoms with E-state index in [4.69, 9.17) is 9.47 Å². The van der Waals surface area contributed by atoms with Crippen LogP contribution < -0.4 is 10.6 Å². The van der Waals surface area contributed by atoms with Gasteiger partial charge in [-0.15, -0.1) is 0 Å². The van der Waals surface area contributed by atoms with E-state index >= 15 is 4.39 Å². The summed E-state index contributed by atoms with van der Waals surface area (Å²) in [5.41, 5.74) is 2.95. The van der Waals surface area contributed by atoms with Crippen molar-refractivity contribution >= 4 is 23.5 Å². The summed E-state index contributed by atoms with van der Waals surface area (Å²) in [7, 11) is 1.62. The number of halogens is 1. The number of fused-ring (bicyclic) bond motifs is 1. The third-order valence-electron chi connectivity index (χ3n) is 6.41. The second kappa shape index (κ2) is 8.29. The standard InChI is InChI=1S/C22H28FN7O3/c1-12-9-24-20(30-10-13(11-32-3)25-19(12)30)26-17-8-15(28-29-17)14-4-5-16(18(14)23)33-21(31)27-22(2)6-7-22/h8-10,14,16,18H,4-7,11H2,1-3H3,(H,27,31)(H2,24,26,28,29)/t14-,16-,18+/m1/s1. The molecule has 0 aromatic carbocycles. The first-order valence-corrected chi connectivity index (χ1v) is 11.1. The number of rotatable bonds is 7. The normalized spacial score (nSPS) is 23.6. The SMILES string of the molecule is COCc1cn2c(Nc3cc([C@H]4CC[C@@H](OC(=O)NC5(C)CC5)[C@H]4F)[nH]n3)ncc(C)c2n1. The van der Waals surface area contributed by atoms with Crippen molar-refractivity contribution in [1.82, 2.24) is 29.9 Å². The molecule has 176 valence electrons. The molecule has 0 saturated heterocycles. The number of nitrogens with zero attached hydrogens (tertiary/aromatic N) is 4. The Morgan fingerprint density at radius 1 is 1.39 bits per heavy atom. The molecular formula is C22H28FN7O3. The average molecular weight is 458 g/mol. The van der Waals surface area contributed by atoms with E-state index in [9.17, 15) is 4.79 Å². The van der Waals surface area contributed by atoms with Gasteiger partial charge in [0.1, 0.15) is 17.9 Å². The number of H-pyrrole nitrogens is 1. The van der Waals surface area contributed by atoms with E-state index in [1.54, 1.807) is 19.4 Å². The van der Waals surface area contributed by atoms with Crippen molar-refractivity contribution in [3.05, 3.63) is 35.4 Å². The summed E-state index contributed by atoms with van der Waals surface area (Å²) in [6, 6.07) is 1.77. The van der Waals surface area contributed by atoms with Gasteiger partial charge in [-0.2, -0.15) is 5.10 Å². The van der Waals surface area contributed by atoms with Gasteiger partial charge in [0.05, 0.1) is 12.3 Å². The number of carbonyl (C=O) groups is 1. The monoisotopic (exact) mass is 457 g/mol. The molecule has 3 aromatic rings. The van der Waals surface area contributed by atoms with Gasteiger partial charge in [-0.3, -0.25) is 9.50 Å². The number of aromatic amines is 1. The van der Waals surface area contributed by atoms with Crippen LogP contribution in [-0.2, 0) is 16.1 Å². The third kappa shape index (κ3) is 4.37.